The molecular weight excluding hydrogens is 384 g/mol. The lowest BCUT2D eigenvalue weighted by Gasteiger charge is -2.31. The van der Waals surface area contributed by atoms with E-state index in [1.165, 1.54) is 6.92 Å². The summed E-state index contributed by atoms with van der Waals surface area (Å²) in [4.78, 5) is 29.9. The molecule has 2 aromatic rings. The van der Waals surface area contributed by atoms with Crippen molar-refractivity contribution in [3.8, 4) is 0 Å². The van der Waals surface area contributed by atoms with E-state index >= 15 is 0 Å². The number of rotatable bonds is 5. The molecule has 27 heavy (non-hydrogen) atoms. The van der Waals surface area contributed by atoms with Gasteiger partial charge in [0.2, 0.25) is 5.91 Å². The second-order valence-electron chi connectivity index (χ2n) is 6.58. The molecule has 3 rings (SSSR count). The van der Waals surface area contributed by atoms with Crippen molar-refractivity contribution in [1.29, 1.82) is 0 Å². The quantitative estimate of drug-likeness (QED) is 0.791. The number of nitrogens with zero attached hydrogens (tertiary/aromatic N) is 2. The molecule has 3 amide bonds. The van der Waals surface area contributed by atoms with Crippen LogP contribution >= 0.6 is 22.9 Å². The van der Waals surface area contributed by atoms with Crippen LogP contribution in [0.15, 0.2) is 29.6 Å². The number of benzene rings is 1. The van der Waals surface area contributed by atoms with E-state index in [1.807, 2.05) is 17.0 Å². The summed E-state index contributed by atoms with van der Waals surface area (Å²) in [5.41, 5.74) is 1.65. The van der Waals surface area contributed by atoms with E-state index in [-0.39, 0.29) is 11.9 Å². The third-order valence-corrected chi connectivity index (χ3v) is 5.96. The number of halogens is 1. The topological polar surface area (TPSA) is 74.3 Å². The van der Waals surface area contributed by atoms with Gasteiger partial charge in [-0.3, -0.25) is 4.79 Å². The maximum absolute atomic E-state index is 12.4. The van der Waals surface area contributed by atoms with Crippen molar-refractivity contribution in [1.82, 2.24) is 15.2 Å². The number of hydrogen-bond donors (Lipinski definition) is 2. The normalized spacial score (nSPS) is 14.8. The molecule has 0 spiro atoms. The van der Waals surface area contributed by atoms with E-state index in [0.29, 0.717) is 36.3 Å². The van der Waals surface area contributed by atoms with Crippen molar-refractivity contribution in [3.63, 3.8) is 0 Å². The van der Waals surface area contributed by atoms with E-state index in [4.69, 9.17) is 16.6 Å². The van der Waals surface area contributed by atoms with E-state index in [2.05, 4.69) is 16.0 Å². The molecule has 1 saturated heterocycles. The van der Waals surface area contributed by atoms with Crippen LogP contribution in [0.3, 0.4) is 0 Å². The van der Waals surface area contributed by atoms with Crippen LogP contribution in [0.2, 0.25) is 5.02 Å². The summed E-state index contributed by atoms with van der Waals surface area (Å²) in [6.45, 7) is 3.52. The fourth-order valence-electron chi connectivity index (χ4n) is 3.08. The molecule has 8 heteroatoms. The maximum Gasteiger partial charge on any atom is 0.321 e. The van der Waals surface area contributed by atoms with Gasteiger partial charge in [0, 0.05) is 44.3 Å². The van der Waals surface area contributed by atoms with Gasteiger partial charge in [-0.15, -0.1) is 11.3 Å². The zero-order chi connectivity index (χ0) is 19.2. The first-order chi connectivity index (χ1) is 13.0. The number of likely N-dealkylation sites (tertiary alicyclic amines) is 1. The van der Waals surface area contributed by atoms with Crippen molar-refractivity contribution in [3.05, 3.63) is 45.4 Å². The van der Waals surface area contributed by atoms with Gasteiger partial charge in [-0.2, -0.15) is 0 Å². The van der Waals surface area contributed by atoms with Gasteiger partial charge in [0.1, 0.15) is 0 Å². The number of anilines is 1. The average Bonchev–Trinajstić information content (AvgIpc) is 3.12. The summed E-state index contributed by atoms with van der Waals surface area (Å²) in [7, 11) is 0. The number of aromatic nitrogens is 1. The second-order valence-corrected chi connectivity index (χ2v) is 7.88. The molecular formula is C19H23ClN4O2S. The number of carbonyl (C=O) groups excluding carboxylic acids is 2. The van der Waals surface area contributed by atoms with Crippen LogP contribution in [-0.4, -0.2) is 41.5 Å². The summed E-state index contributed by atoms with van der Waals surface area (Å²) in [5.74, 6) is 0.363. The van der Waals surface area contributed by atoms with Gasteiger partial charge in [0.25, 0.3) is 0 Å². The molecule has 0 saturated carbocycles. The Labute approximate surface area is 167 Å². The number of piperidine rings is 1. The molecule has 1 aliphatic heterocycles. The molecule has 0 unspecified atom stereocenters. The van der Waals surface area contributed by atoms with Gasteiger partial charge < -0.3 is 15.5 Å². The number of thiazole rings is 1. The molecule has 2 heterocycles. The standard InChI is InChI=1S/C19H23ClN4O2S/c1-13(25)21-9-6-15-12-27-18(22-15)14-7-10-24(11-8-14)19(26)23-17-5-3-2-4-16(17)20/h2-5,12,14H,6-11H2,1H3,(H,21,25)(H,23,26). The first-order valence-corrected chi connectivity index (χ1v) is 10.3. The Kier molecular flexibility index (Phi) is 6.68. The SMILES string of the molecule is CC(=O)NCCc1csc(C2CCN(C(=O)Nc3ccccc3Cl)CC2)n1. The Hall–Kier alpha value is -2.12. The molecule has 1 aromatic carbocycles. The lowest BCUT2D eigenvalue weighted by Crippen LogP contribution is -2.40. The van der Waals surface area contributed by atoms with Crippen molar-refractivity contribution in [2.75, 3.05) is 25.0 Å². The second kappa shape index (κ2) is 9.19. The largest absolute Gasteiger partial charge is 0.356 e. The van der Waals surface area contributed by atoms with Crippen molar-refractivity contribution >= 4 is 40.6 Å². The lowest BCUT2D eigenvalue weighted by atomic mass is 9.98. The van der Waals surface area contributed by atoms with Gasteiger partial charge in [0.15, 0.2) is 0 Å². The summed E-state index contributed by atoms with van der Waals surface area (Å²) in [6, 6.07) is 7.12. The lowest BCUT2D eigenvalue weighted by molar-refractivity contribution is -0.118. The first kappa shape index (κ1) is 19.6. The van der Waals surface area contributed by atoms with E-state index < -0.39 is 0 Å². The Morgan fingerprint density at radius 3 is 2.74 bits per heavy atom. The fourth-order valence-corrected chi connectivity index (χ4v) is 4.29. The number of urea groups is 1. The predicted octanol–water partition coefficient (Wildman–Crippen LogP) is 3.89. The summed E-state index contributed by atoms with van der Waals surface area (Å²) in [5, 5.41) is 9.39. The average molecular weight is 407 g/mol. The number of amides is 3. The van der Waals surface area contributed by atoms with Crippen LogP contribution in [0.25, 0.3) is 0 Å². The highest BCUT2D eigenvalue weighted by Crippen LogP contribution is 2.31. The molecule has 1 fully saturated rings. The van der Waals surface area contributed by atoms with Crippen molar-refractivity contribution in [2.45, 2.75) is 32.1 Å². The highest BCUT2D eigenvalue weighted by atomic mass is 35.5. The Morgan fingerprint density at radius 1 is 1.30 bits per heavy atom. The minimum absolute atomic E-state index is 0.0205. The zero-order valence-electron chi connectivity index (χ0n) is 15.2. The molecule has 0 atom stereocenters. The minimum atomic E-state index is -0.114. The number of carbonyl (C=O) groups is 2. The van der Waals surface area contributed by atoms with Gasteiger partial charge in [-0.25, -0.2) is 9.78 Å². The highest BCUT2D eigenvalue weighted by Gasteiger charge is 2.26. The van der Waals surface area contributed by atoms with Crippen molar-refractivity contribution in [2.24, 2.45) is 0 Å². The van der Waals surface area contributed by atoms with Crippen LogP contribution in [0.4, 0.5) is 10.5 Å². The van der Waals surface area contributed by atoms with Crippen LogP contribution in [0.5, 0.6) is 0 Å². The smallest absolute Gasteiger partial charge is 0.321 e. The molecule has 0 bridgehead atoms. The number of nitrogens with one attached hydrogen (secondary N) is 2. The van der Waals surface area contributed by atoms with Crippen LogP contribution in [-0.2, 0) is 11.2 Å². The van der Waals surface area contributed by atoms with Gasteiger partial charge in [-0.05, 0) is 25.0 Å². The molecule has 2 N–H and O–H groups in total. The Morgan fingerprint density at radius 2 is 2.04 bits per heavy atom. The molecule has 1 aromatic heterocycles. The fraction of sp³-hybridized carbons (Fsp3) is 0.421. The zero-order valence-corrected chi connectivity index (χ0v) is 16.8. The third-order valence-electron chi connectivity index (χ3n) is 4.57. The van der Waals surface area contributed by atoms with E-state index in [0.717, 1.165) is 30.0 Å². The predicted molar refractivity (Wildman–Crippen MR) is 109 cm³/mol. The number of hydrogen-bond acceptors (Lipinski definition) is 4. The molecule has 144 valence electrons. The van der Waals surface area contributed by atoms with Crippen LogP contribution in [0, 0.1) is 0 Å². The number of para-hydroxylation sites is 1. The van der Waals surface area contributed by atoms with Crippen molar-refractivity contribution < 1.29 is 9.59 Å². The van der Waals surface area contributed by atoms with Gasteiger partial charge in [-0.1, -0.05) is 23.7 Å². The summed E-state index contributed by atoms with van der Waals surface area (Å²) < 4.78 is 0. The van der Waals surface area contributed by atoms with Crippen LogP contribution in [0.1, 0.15) is 36.4 Å². The highest BCUT2D eigenvalue weighted by molar-refractivity contribution is 7.09. The molecule has 6 nitrogen and oxygen atoms in total. The van der Waals surface area contributed by atoms with E-state index in [1.54, 1.807) is 23.5 Å². The molecule has 0 radical (unpaired) electrons. The third kappa shape index (κ3) is 5.43. The van der Waals surface area contributed by atoms with Gasteiger partial charge in [0.05, 0.1) is 21.4 Å². The summed E-state index contributed by atoms with van der Waals surface area (Å²) >= 11 is 7.77. The van der Waals surface area contributed by atoms with Crippen LogP contribution < -0.4 is 10.6 Å². The van der Waals surface area contributed by atoms with Gasteiger partial charge >= 0.3 is 6.03 Å². The maximum atomic E-state index is 12.4. The molecule has 1 aliphatic rings. The summed E-state index contributed by atoms with van der Waals surface area (Å²) in [6.07, 6.45) is 2.54. The molecule has 0 aliphatic carbocycles. The minimum Gasteiger partial charge on any atom is -0.356 e. The Balaban J connectivity index is 1.48. The first-order valence-electron chi connectivity index (χ1n) is 9.02. The monoisotopic (exact) mass is 406 g/mol. The van der Waals surface area contributed by atoms with E-state index in [9.17, 15) is 9.59 Å². The Bertz CT molecular complexity index is 803.